The summed E-state index contributed by atoms with van der Waals surface area (Å²) in [5.74, 6) is -8.13. The number of benzene rings is 1. The number of hydrogen-bond acceptors (Lipinski definition) is 1. The van der Waals surface area contributed by atoms with Crippen molar-refractivity contribution in [3.05, 3.63) is 34.9 Å². The molecule has 2 nitrogen and oxygen atoms in total. The fourth-order valence-corrected chi connectivity index (χ4v) is 1.19. The lowest BCUT2D eigenvalue weighted by Crippen LogP contribution is -2.36. The van der Waals surface area contributed by atoms with Crippen LogP contribution in [0.3, 0.4) is 0 Å². The zero-order valence-corrected chi connectivity index (χ0v) is 10.2. The van der Waals surface area contributed by atoms with E-state index in [0.29, 0.717) is 6.07 Å². The van der Waals surface area contributed by atoms with Gasteiger partial charge in [0, 0.05) is 6.04 Å². The topological polar surface area (TPSA) is 29.1 Å². The van der Waals surface area contributed by atoms with Gasteiger partial charge in [-0.15, -0.1) is 0 Å². The van der Waals surface area contributed by atoms with Crippen molar-refractivity contribution >= 4 is 5.91 Å². The molecule has 0 fully saturated rings. The van der Waals surface area contributed by atoms with Crippen LogP contribution in [0.25, 0.3) is 0 Å². The van der Waals surface area contributed by atoms with Crippen LogP contribution in [0.4, 0.5) is 17.6 Å². The van der Waals surface area contributed by atoms with Crippen molar-refractivity contribution in [2.75, 3.05) is 0 Å². The zero-order chi connectivity index (χ0) is 14.0. The number of carbonyl (C=O) groups is 1. The third-order valence-electron chi connectivity index (χ3n) is 2.71. The lowest BCUT2D eigenvalue weighted by atomic mass is 10.1. The van der Waals surface area contributed by atoms with Gasteiger partial charge in [0.15, 0.2) is 23.3 Å². The molecule has 0 heterocycles. The van der Waals surface area contributed by atoms with Crippen LogP contribution in [0.5, 0.6) is 0 Å². The normalized spacial score (nSPS) is 12.7. The molecule has 18 heavy (non-hydrogen) atoms. The van der Waals surface area contributed by atoms with Crippen molar-refractivity contribution in [2.24, 2.45) is 5.92 Å². The highest BCUT2D eigenvalue weighted by Crippen LogP contribution is 2.19. The van der Waals surface area contributed by atoms with E-state index in [1.807, 2.05) is 13.8 Å². The van der Waals surface area contributed by atoms with Crippen LogP contribution in [0, 0.1) is 29.2 Å². The van der Waals surface area contributed by atoms with E-state index in [-0.39, 0.29) is 12.0 Å². The van der Waals surface area contributed by atoms with Gasteiger partial charge in [-0.2, -0.15) is 0 Å². The van der Waals surface area contributed by atoms with Crippen LogP contribution in [0.2, 0.25) is 0 Å². The van der Waals surface area contributed by atoms with Gasteiger partial charge in [0.05, 0.1) is 5.56 Å². The largest absolute Gasteiger partial charge is 0.349 e. The maximum atomic E-state index is 13.3. The summed E-state index contributed by atoms with van der Waals surface area (Å²) < 4.78 is 51.9. The van der Waals surface area contributed by atoms with Gasteiger partial charge >= 0.3 is 0 Å². The SMILES string of the molecule is CC(C)C(C)NC(=O)c1cc(F)c(F)c(F)c1F. The molecule has 1 aromatic rings. The highest BCUT2D eigenvalue weighted by atomic mass is 19.2. The number of rotatable bonds is 3. The predicted octanol–water partition coefficient (Wildman–Crippen LogP) is 3.02. The third-order valence-corrected chi connectivity index (χ3v) is 2.71. The van der Waals surface area contributed by atoms with Crippen molar-refractivity contribution in [3.8, 4) is 0 Å². The molecular formula is C12H13F4NO. The van der Waals surface area contributed by atoms with Gasteiger partial charge in [-0.25, -0.2) is 17.6 Å². The Morgan fingerprint density at radius 3 is 2.11 bits per heavy atom. The van der Waals surface area contributed by atoms with Gasteiger partial charge in [0.2, 0.25) is 0 Å². The molecule has 0 aromatic heterocycles. The van der Waals surface area contributed by atoms with Crippen LogP contribution in [-0.2, 0) is 0 Å². The van der Waals surface area contributed by atoms with Gasteiger partial charge < -0.3 is 5.32 Å². The highest BCUT2D eigenvalue weighted by molar-refractivity contribution is 5.94. The molecule has 6 heteroatoms. The summed E-state index contributed by atoms with van der Waals surface area (Å²) in [5.41, 5.74) is -0.848. The number of carbonyl (C=O) groups excluding carboxylic acids is 1. The van der Waals surface area contributed by atoms with Crippen molar-refractivity contribution in [2.45, 2.75) is 26.8 Å². The van der Waals surface area contributed by atoms with E-state index in [0.717, 1.165) is 0 Å². The molecule has 100 valence electrons. The van der Waals surface area contributed by atoms with Crippen LogP contribution in [0.1, 0.15) is 31.1 Å². The Kier molecular flexibility index (Phi) is 4.32. The lowest BCUT2D eigenvalue weighted by molar-refractivity contribution is 0.0924. The number of nitrogens with one attached hydrogen (secondary N) is 1. The molecule has 0 aliphatic heterocycles. The first-order valence-electron chi connectivity index (χ1n) is 5.39. The second-order valence-electron chi connectivity index (χ2n) is 4.35. The maximum Gasteiger partial charge on any atom is 0.254 e. The molecule has 0 aliphatic rings. The van der Waals surface area contributed by atoms with Crippen molar-refractivity contribution in [1.29, 1.82) is 0 Å². The zero-order valence-electron chi connectivity index (χ0n) is 10.2. The second kappa shape index (κ2) is 5.37. The summed E-state index contributed by atoms with van der Waals surface area (Å²) in [6.07, 6.45) is 0. The summed E-state index contributed by atoms with van der Waals surface area (Å²) in [6, 6.07) is 0.0314. The Morgan fingerprint density at radius 2 is 1.61 bits per heavy atom. The quantitative estimate of drug-likeness (QED) is 0.507. The summed E-state index contributed by atoms with van der Waals surface area (Å²) in [6.45, 7) is 5.29. The Hall–Kier alpha value is -1.59. The third kappa shape index (κ3) is 2.80. The fraction of sp³-hybridized carbons (Fsp3) is 0.417. The Morgan fingerprint density at radius 1 is 1.06 bits per heavy atom. The first-order chi connectivity index (χ1) is 8.25. The molecule has 0 aliphatic carbocycles. The molecule has 1 atom stereocenters. The minimum atomic E-state index is -1.99. The van der Waals surface area contributed by atoms with Gasteiger partial charge in [-0.05, 0) is 18.9 Å². The monoisotopic (exact) mass is 263 g/mol. The molecule has 0 bridgehead atoms. The van der Waals surface area contributed by atoms with Crippen LogP contribution in [-0.4, -0.2) is 11.9 Å². The summed E-state index contributed by atoms with van der Waals surface area (Å²) in [7, 11) is 0. The van der Waals surface area contributed by atoms with E-state index in [1.165, 1.54) is 0 Å². The number of hydrogen-bond donors (Lipinski definition) is 1. The standard InChI is InChI=1S/C12H13F4NO/c1-5(2)6(3)17-12(18)7-4-8(13)10(15)11(16)9(7)14/h4-6H,1-3H3,(H,17,18). The Labute approximate surface area is 102 Å². The molecule has 0 saturated heterocycles. The van der Waals surface area contributed by atoms with Crippen LogP contribution >= 0.6 is 0 Å². The first-order valence-corrected chi connectivity index (χ1v) is 5.39. The second-order valence-corrected chi connectivity index (χ2v) is 4.35. The Balaban J connectivity index is 3.07. The van der Waals surface area contributed by atoms with Gasteiger partial charge in [-0.1, -0.05) is 13.8 Å². The van der Waals surface area contributed by atoms with E-state index in [4.69, 9.17) is 0 Å². The predicted molar refractivity (Wildman–Crippen MR) is 58.0 cm³/mol. The van der Waals surface area contributed by atoms with E-state index < -0.39 is 34.7 Å². The summed E-state index contributed by atoms with van der Waals surface area (Å²) >= 11 is 0. The molecule has 0 radical (unpaired) electrons. The average molecular weight is 263 g/mol. The average Bonchev–Trinajstić information content (AvgIpc) is 2.30. The summed E-state index contributed by atoms with van der Waals surface area (Å²) in [4.78, 5) is 11.6. The molecule has 0 spiro atoms. The number of halogens is 4. The molecule has 1 amide bonds. The van der Waals surface area contributed by atoms with E-state index in [2.05, 4.69) is 5.32 Å². The maximum absolute atomic E-state index is 13.3. The lowest BCUT2D eigenvalue weighted by Gasteiger charge is -2.17. The van der Waals surface area contributed by atoms with Crippen LogP contribution < -0.4 is 5.32 Å². The van der Waals surface area contributed by atoms with Crippen LogP contribution in [0.15, 0.2) is 6.07 Å². The Bertz CT molecular complexity index is 474. The fourth-order valence-electron chi connectivity index (χ4n) is 1.19. The van der Waals surface area contributed by atoms with Crippen molar-refractivity contribution in [1.82, 2.24) is 5.32 Å². The van der Waals surface area contributed by atoms with Crippen molar-refractivity contribution in [3.63, 3.8) is 0 Å². The first kappa shape index (κ1) is 14.5. The molecule has 1 N–H and O–H groups in total. The molecule has 1 unspecified atom stereocenters. The molecule has 1 aromatic carbocycles. The van der Waals surface area contributed by atoms with E-state index in [1.54, 1.807) is 6.92 Å². The molecule has 1 rings (SSSR count). The van der Waals surface area contributed by atoms with E-state index in [9.17, 15) is 22.4 Å². The summed E-state index contributed by atoms with van der Waals surface area (Å²) in [5, 5.41) is 2.38. The smallest absolute Gasteiger partial charge is 0.254 e. The van der Waals surface area contributed by atoms with Gasteiger partial charge in [-0.3, -0.25) is 4.79 Å². The minimum Gasteiger partial charge on any atom is -0.349 e. The molecular weight excluding hydrogens is 250 g/mol. The van der Waals surface area contributed by atoms with Crippen molar-refractivity contribution < 1.29 is 22.4 Å². The minimum absolute atomic E-state index is 0.0622. The van der Waals surface area contributed by atoms with E-state index >= 15 is 0 Å². The van der Waals surface area contributed by atoms with Gasteiger partial charge in [0.1, 0.15) is 0 Å². The number of amides is 1. The highest BCUT2D eigenvalue weighted by Gasteiger charge is 2.24. The van der Waals surface area contributed by atoms with Gasteiger partial charge in [0.25, 0.3) is 5.91 Å². The molecule has 0 saturated carbocycles.